The van der Waals surface area contributed by atoms with Gasteiger partial charge in [-0.05, 0) is 0 Å². The van der Waals surface area contributed by atoms with Crippen molar-refractivity contribution >= 4 is 41.8 Å². The van der Waals surface area contributed by atoms with Crippen molar-refractivity contribution in [3.8, 4) is 0 Å². The van der Waals surface area contributed by atoms with Crippen LogP contribution < -0.4 is 0 Å². The first-order chi connectivity index (χ1) is 17.9. The van der Waals surface area contributed by atoms with Crippen LogP contribution in [0.2, 0.25) is 0 Å². The highest BCUT2D eigenvalue weighted by Gasteiger charge is 2.50. The smallest absolute Gasteiger partial charge is 0.303 e. The van der Waals surface area contributed by atoms with E-state index in [0.717, 1.165) is 41.5 Å². The van der Waals surface area contributed by atoms with E-state index in [2.05, 4.69) is 0 Å². The molecule has 0 aliphatic heterocycles. The fourth-order valence-electron chi connectivity index (χ4n) is 3.54. The van der Waals surface area contributed by atoms with Crippen LogP contribution in [0.1, 0.15) is 48.0 Å². The lowest BCUT2D eigenvalue weighted by atomic mass is 9.85. The third kappa shape index (κ3) is 14.3. The molecular formula is C22H31NO16. The molecule has 220 valence electrons. The van der Waals surface area contributed by atoms with Gasteiger partial charge in [-0.15, -0.1) is 0 Å². The lowest BCUT2D eigenvalue weighted by Gasteiger charge is -2.39. The molecule has 39 heavy (non-hydrogen) atoms. The number of carbonyl (C=O) groups excluding carboxylic acids is 6. The number of esters is 6. The Kier molecular flexibility index (Phi) is 14.7. The SMILES string of the molecule is CC(=O)OCC(OC(C)=O)C(OC(C)=O)C(OC(C)=O)C(OC(C)=O)C(CC(=O)O)C(C[N+](=O)[O-])OC(C)=O. The molecule has 17 nitrogen and oxygen atoms in total. The predicted octanol–water partition coefficient (Wildman–Crippen LogP) is -0.424. The molecule has 6 unspecified atom stereocenters. The van der Waals surface area contributed by atoms with Gasteiger partial charge in [0.15, 0.2) is 24.4 Å². The summed E-state index contributed by atoms with van der Waals surface area (Å²) in [6.45, 7) is 3.53. The Morgan fingerprint density at radius 2 is 1.05 bits per heavy atom. The van der Waals surface area contributed by atoms with Gasteiger partial charge in [0.05, 0.1) is 12.3 Å². The molecule has 0 aromatic carbocycles. The van der Waals surface area contributed by atoms with Crippen LogP contribution in [0, 0.1) is 16.0 Å². The van der Waals surface area contributed by atoms with Gasteiger partial charge in [-0.25, -0.2) is 0 Å². The average Bonchev–Trinajstić information content (AvgIpc) is 2.74. The number of hydrogen-bond acceptors (Lipinski definition) is 15. The summed E-state index contributed by atoms with van der Waals surface area (Å²) in [5.74, 6) is -9.56. The minimum atomic E-state index is -2.02. The Bertz CT molecular complexity index is 930. The molecule has 0 fully saturated rings. The molecule has 0 saturated carbocycles. The second-order valence-corrected chi connectivity index (χ2v) is 8.10. The Morgan fingerprint density at radius 1 is 0.641 bits per heavy atom. The van der Waals surface area contributed by atoms with Crippen molar-refractivity contribution in [2.24, 2.45) is 5.92 Å². The highest BCUT2D eigenvalue weighted by molar-refractivity contribution is 5.70. The predicted molar refractivity (Wildman–Crippen MR) is 122 cm³/mol. The van der Waals surface area contributed by atoms with E-state index in [0.29, 0.717) is 0 Å². The second-order valence-electron chi connectivity index (χ2n) is 8.10. The van der Waals surface area contributed by atoms with Gasteiger partial charge in [0.25, 0.3) is 0 Å². The first-order valence-electron chi connectivity index (χ1n) is 11.3. The molecule has 6 atom stereocenters. The zero-order chi connectivity index (χ0) is 30.4. The number of ether oxygens (including phenoxy) is 6. The van der Waals surface area contributed by atoms with E-state index >= 15 is 0 Å². The molecule has 0 aliphatic rings. The average molecular weight is 565 g/mol. The summed E-state index contributed by atoms with van der Waals surface area (Å²) in [6, 6.07) is 0. The number of carboxylic acid groups (broad SMARTS) is 1. The van der Waals surface area contributed by atoms with E-state index in [1.54, 1.807) is 0 Å². The first-order valence-corrected chi connectivity index (χ1v) is 11.3. The van der Waals surface area contributed by atoms with Gasteiger partial charge in [0, 0.05) is 46.5 Å². The first kappa shape index (κ1) is 34.7. The highest BCUT2D eigenvalue weighted by atomic mass is 16.6. The second kappa shape index (κ2) is 16.5. The van der Waals surface area contributed by atoms with Crippen molar-refractivity contribution in [3.63, 3.8) is 0 Å². The minimum Gasteiger partial charge on any atom is -0.481 e. The summed E-state index contributed by atoms with van der Waals surface area (Å²) in [4.78, 5) is 93.3. The van der Waals surface area contributed by atoms with Crippen LogP contribution in [-0.2, 0) is 62.0 Å². The number of aliphatic carboxylic acids is 1. The zero-order valence-corrected chi connectivity index (χ0v) is 22.1. The van der Waals surface area contributed by atoms with Gasteiger partial charge in [-0.3, -0.25) is 43.7 Å². The monoisotopic (exact) mass is 565 g/mol. The van der Waals surface area contributed by atoms with E-state index in [4.69, 9.17) is 28.4 Å². The summed E-state index contributed by atoms with van der Waals surface area (Å²) in [7, 11) is 0. The summed E-state index contributed by atoms with van der Waals surface area (Å²) in [6.07, 6.45) is -10.6. The molecule has 0 saturated heterocycles. The Labute approximate surface area is 222 Å². The van der Waals surface area contributed by atoms with Gasteiger partial charge >= 0.3 is 41.8 Å². The molecule has 0 rings (SSSR count). The van der Waals surface area contributed by atoms with Crippen LogP contribution in [-0.4, -0.2) is 95.5 Å². The maximum Gasteiger partial charge on any atom is 0.303 e. The number of rotatable bonds is 16. The van der Waals surface area contributed by atoms with Gasteiger partial charge in [-0.1, -0.05) is 0 Å². The lowest BCUT2D eigenvalue weighted by molar-refractivity contribution is -0.492. The van der Waals surface area contributed by atoms with Crippen molar-refractivity contribution in [2.45, 2.75) is 78.5 Å². The molecule has 0 aromatic heterocycles. The van der Waals surface area contributed by atoms with Crippen LogP contribution in [0.3, 0.4) is 0 Å². The standard InChI is InChI=1S/C22H31NO16/c1-10(24)34-9-18(36-12(3)26)21(38-14(5)28)22(39-15(6)29)20(37-13(4)27)16(7-19(30)31)17(8-23(32)33)35-11(2)25/h16-18,20-22H,7-9H2,1-6H3,(H,30,31). The fraction of sp³-hybridized carbons (Fsp3) is 0.682. The van der Waals surface area contributed by atoms with Crippen LogP contribution in [0.5, 0.6) is 0 Å². The van der Waals surface area contributed by atoms with Gasteiger partial charge in [0.1, 0.15) is 12.7 Å². The van der Waals surface area contributed by atoms with Gasteiger partial charge in [-0.2, -0.15) is 0 Å². The van der Waals surface area contributed by atoms with E-state index in [9.17, 15) is 48.8 Å². The quantitative estimate of drug-likeness (QED) is 0.108. The van der Waals surface area contributed by atoms with Crippen molar-refractivity contribution < 1.29 is 72.0 Å². The van der Waals surface area contributed by atoms with Crippen molar-refractivity contribution in [1.82, 2.24) is 0 Å². The third-order valence-electron chi connectivity index (χ3n) is 4.64. The van der Waals surface area contributed by atoms with Gasteiger partial charge < -0.3 is 33.5 Å². The lowest BCUT2D eigenvalue weighted by Crippen LogP contribution is -2.57. The van der Waals surface area contributed by atoms with E-state index in [1.807, 2.05) is 0 Å². The van der Waals surface area contributed by atoms with Crippen molar-refractivity contribution in [2.75, 3.05) is 13.2 Å². The molecule has 1 N–H and O–H groups in total. The molecule has 0 radical (unpaired) electrons. The van der Waals surface area contributed by atoms with Crippen LogP contribution >= 0.6 is 0 Å². The highest BCUT2D eigenvalue weighted by Crippen LogP contribution is 2.30. The molecule has 17 heteroatoms. The summed E-state index contributed by atoms with van der Waals surface area (Å²) < 4.78 is 30.6. The minimum absolute atomic E-state index is 0.775. The molecule has 0 amide bonds. The fourth-order valence-corrected chi connectivity index (χ4v) is 3.54. The summed E-state index contributed by atoms with van der Waals surface area (Å²) >= 11 is 0. The number of nitro groups is 1. The van der Waals surface area contributed by atoms with Crippen molar-refractivity contribution in [3.05, 3.63) is 10.1 Å². The summed E-state index contributed by atoms with van der Waals surface area (Å²) in [5.41, 5.74) is 0. The van der Waals surface area contributed by atoms with Crippen molar-refractivity contribution in [1.29, 1.82) is 0 Å². The van der Waals surface area contributed by atoms with Crippen LogP contribution in [0.4, 0.5) is 0 Å². The van der Waals surface area contributed by atoms with Crippen LogP contribution in [0.25, 0.3) is 0 Å². The Hall–Kier alpha value is -4.31. The van der Waals surface area contributed by atoms with E-state index < -0.39 is 103 Å². The maximum absolute atomic E-state index is 12.1. The largest absolute Gasteiger partial charge is 0.481 e. The van der Waals surface area contributed by atoms with E-state index in [-0.39, 0.29) is 0 Å². The van der Waals surface area contributed by atoms with Crippen LogP contribution in [0.15, 0.2) is 0 Å². The Balaban J connectivity index is 7.25. The Morgan fingerprint density at radius 3 is 1.44 bits per heavy atom. The number of nitrogens with zero attached hydrogens (tertiary/aromatic N) is 1. The maximum atomic E-state index is 12.1. The topological polar surface area (TPSA) is 238 Å². The number of carboxylic acids is 1. The summed E-state index contributed by atoms with van der Waals surface area (Å²) in [5, 5.41) is 20.9. The molecule has 0 heterocycles. The molecule has 0 bridgehead atoms. The normalized spacial score (nSPS) is 15.1. The molecule has 0 aliphatic carbocycles. The molecule has 0 spiro atoms. The van der Waals surface area contributed by atoms with Gasteiger partial charge in [0.2, 0.25) is 6.54 Å². The molecular weight excluding hydrogens is 534 g/mol. The zero-order valence-electron chi connectivity index (χ0n) is 22.1. The molecule has 0 aromatic rings. The number of hydrogen-bond donors (Lipinski definition) is 1. The third-order valence-corrected chi connectivity index (χ3v) is 4.64. The number of carbonyl (C=O) groups is 7. The van der Waals surface area contributed by atoms with E-state index in [1.165, 1.54) is 0 Å².